The van der Waals surface area contributed by atoms with Crippen molar-refractivity contribution in [2.24, 2.45) is 5.73 Å². The maximum absolute atomic E-state index is 13.7. The maximum Gasteiger partial charge on any atom is 0.248 e. The fourth-order valence-electron chi connectivity index (χ4n) is 1.78. The van der Waals surface area contributed by atoms with E-state index in [2.05, 4.69) is 21.2 Å². The van der Waals surface area contributed by atoms with Gasteiger partial charge >= 0.3 is 0 Å². The van der Waals surface area contributed by atoms with Crippen LogP contribution in [-0.4, -0.2) is 5.91 Å². The molecule has 0 aliphatic heterocycles. The van der Waals surface area contributed by atoms with Crippen LogP contribution in [0.4, 0.5) is 10.1 Å². The van der Waals surface area contributed by atoms with Gasteiger partial charge in [-0.05, 0) is 40.5 Å². The molecule has 0 saturated carbocycles. The monoisotopic (exact) mass is 336 g/mol. The molecule has 1 unspecified atom stereocenters. The number of hydrogen-bond donors (Lipinski definition) is 2. The topological polar surface area (TPSA) is 55.1 Å². The molecule has 0 heterocycles. The standard InChI is InChI=1S/C15H14BrFN2O/c1-15(18,10-6-3-2-4-7-10)14(20)19-13-11(16)8-5-9-12(13)17/h2-9H,18H2,1H3,(H,19,20). The summed E-state index contributed by atoms with van der Waals surface area (Å²) in [7, 11) is 0. The van der Waals surface area contributed by atoms with E-state index in [1.165, 1.54) is 6.07 Å². The Bertz CT molecular complexity index is 609. The number of nitrogens with two attached hydrogens (primary N) is 1. The number of carbonyl (C=O) groups excluding carboxylic acids is 1. The van der Waals surface area contributed by atoms with Crippen LogP contribution in [0.25, 0.3) is 0 Å². The van der Waals surface area contributed by atoms with E-state index in [4.69, 9.17) is 5.73 Å². The van der Waals surface area contributed by atoms with Crippen molar-refractivity contribution >= 4 is 27.5 Å². The van der Waals surface area contributed by atoms with Crippen LogP contribution < -0.4 is 11.1 Å². The molecule has 5 heteroatoms. The van der Waals surface area contributed by atoms with Crippen LogP contribution in [0.3, 0.4) is 0 Å². The highest BCUT2D eigenvalue weighted by atomic mass is 79.9. The van der Waals surface area contributed by atoms with Crippen molar-refractivity contribution in [2.75, 3.05) is 5.32 Å². The predicted octanol–water partition coefficient (Wildman–Crippen LogP) is 3.40. The number of para-hydroxylation sites is 1. The largest absolute Gasteiger partial charge is 0.321 e. The number of carbonyl (C=O) groups is 1. The lowest BCUT2D eigenvalue weighted by Crippen LogP contribution is -2.45. The Kier molecular flexibility index (Phi) is 4.20. The second kappa shape index (κ2) is 5.73. The second-order valence-electron chi connectivity index (χ2n) is 4.62. The molecule has 0 radical (unpaired) electrons. The average Bonchev–Trinajstić information content (AvgIpc) is 2.43. The van der Waals surface area contributed by atoms with E-state index in [1.54, 1.807) is 43.3 Å². The minimum atomic E-state index is -1.25. The van der Waals surface area contributed by atoms with Crippen LogP contribution >= 0.6 is 15.9 Å². The molecule has 1 amide bonds. The summed E-state index contributed by atoms with van der Waals surface area (Å²) in [6.45, 7) is 1.59. The first-order valence-electron chi connectivity index (χ1n) is 6.03. The van der Waals surface area contributed by atoms with Crippen molar-refractivity contribution in [3.8, 4) is 0 Å². The number of benzene rings is 2. The zero-order valence-electron chi connectivity index (χ0n) is 10.9. The van der Waals surface area contributed by atoms with Gasteiger partial charge in [-0.25, -0.2) is 4.39 Å². The van der Waals surface area contributed by atoms with Gasteiger partial charge in [-0.15, -0.1) is 0 Å². The second-order valence-corrected chi connectivity index (χ2v) is 5.47. The minimum Gasteiger partial charge on any atom is -0.321 e. The molecule has 0 spiro atoms. The fraction of sp³-hybridized carbons (Fsp3) is 0.133. The minimum absolute atomic E-state index is 0.0881. The fourth-order valence-corrected chi connectivity index (χ4v) is 2.22. The van der Waals surface area contributed by atoms with Crippen molar-refractivity contribution in [1.29, 1.82) is 0 Å². The molecule has 0 fully saturated rings. The van der Waals surface area contributed by atoms with E-state index < -0.39 is 17.3 Å². The average molecular weight is 337 g/mol. The summed E-state index contributed by atoms with van der Waals surface area (Å²) >= 11 is 3.20. The lowest BCUT2D eigenvalue weighted by molar-refractivity contribution is -0.120. The molecule has 2 rings (SSSR count). The molecule has 0 aromatic heterocycles. The summed E-state index contributed by atoms with van der Waals surface area (Å²) in [5.41, 5.74) is 5.58. The highest BCUT2D eigenvalue weighted by Gasteiger charge is 2.31. The highest BCUT2D eigenvalue weighted by Crippen LogP contribution is 2.27. The number of rotatable bonds is 3. The molecule has 0 aliphatic rings. The summed E-state index contributed by atoms with van der Waals surface area (Å²) in [4.78, 5) is 12.3. The van der Waals surface area contributed by atoms with Gasteiger partial charge in [0.1, 0.15) is 11.4 Å². The summed E-state index contributed by atoms with van der Waals surface area (Å²) < 4.78 is 14.2. The molecule has 20 heavy (non-hydrogen) atoms. The Labute approximate surface area is 125 Å². The SMILES string of the molecule is CC(N)(C(=O)Nc1c(F)cccc1Br)c1ccccc1. The van der Waals surface area contributed by atoms with Crippen molar-refractivity contribution < 1.29 is 9.18 Å². The van der Waals surface area contributed by atoms with E-state index in [0.29, 0.717) is 10.0 Å². The van der Waals surface area contributed by atoms with Gasteiger partial charge in [0.2, 0.25) is 5.91 Å². The Morgan fingerprint density at radius 3 is 2.45 bits per heavy atom. The number of halogens is 2. The molecule has 3 nitrogen and oxygen atoms in total. The Hall–Kier alpha value is -1.72. The first kappa shape index (κ1) is 14.7. The van der Waals surface area contributed by atoms with Gasteiger partial charge in [-0.1, -0.05) is 36.4 Å². The van der Waals surface area contributed by atoms with E-state index >= 15 is 0 Å². The van der Waals surface area contributed by atoms with Gasteiger partial charge < -0.3 is 11.1 Å². The third-order valence-electron chi connectivity index (χ3n) is 3.05. The molecule has 1 atom stereocenters. The van der Waals surface area contributed by atoms with Crippen LogP contribution in [0.15, 0.2) is 53.0 Å². The predicted molar refractivity (Wildman–Crippen MR) is 80.7 cm³/mol. The molecule has 2 aromatic rings. The molecule has 3 N–H and O–H groups in total. The van der Waals surface area contributed by atoms with Crippen LogP contribution in [0.1, 0.15) is 12.5 Å². The lowest BCUT2D eigenvalue weighted by Gasteiger charge is -2.24. The van der Waals surface area contributed by atoms with Gasteiger partial charge in [-0.2, -0.15) is 0 Å². The Morgan fingerprint density at radius 1 is 1.20 bits per heavy atom. The summed E-state index contributed by atoms with van der Waals surface area (Å²) in [6.07, 6.45) is 0. The first-order valence-corrected chi connectivity index (χ1v) is 6.82. The van der Waals surface area contributed by atoms with Gasteiger partial charge in [0.25, 0.3) is 0 Å². The molecule has 0 bridgehead atoms. The summed E-state index contributed by atoms with van der Waals surface area (Å²) in [5.74, 6) is -0.994. The third-order valence-corrected chi connectivity index (χ3v) is 3.71. The first-order chi connectivity index (χ1) is 9.43. The van der Waals surface area contributed by atoms with Crippen LogP contribution in [0.5, 0.6) is 0 Å². The van der Waals surface area contributed by atoms with Gasteiger partial charge in [0.05, 0.1) is 5.69 Å². The van der Waals surface area contributed by atoms with Crippen LogP contribution in [0, 0.1) is 5.82 Å². The molecule has 104 valence electrons. The van der Waals surface area contributed by atoms with Crippen LogP contribution in [0.2, 0.25) is 0 Å². The zero-order valence-corrected chi connectivity index (χ0v) is 12.4. The van der Waals surface area contributed by atoms with E-state index in [0.717, 1.165) is 0 Å². The smallest absolute Gasteiger partial charge is 0.248 e. The molecule has 2 aromatic carbocycles. The quantitative estimate of drug-likeness (QED) is 0.902. The molecular formula is C15H14BrFN2O. The van der Waals surface area contributed by atoms with Gasteiger partial charge in [-0.3, -0.25) is 4.79 Å². The number of anilines is 1. The third kappa shape index (κ3) is 2.89. The molecule has 0 saturated heterocycles. The number of nitrogens with one attached hydrogen (secondary N) is 1. The molecular weight excluding hydrogens is 323 g/mol. The van der Waals surface area contributed by atoms with E-state index in [9.17, 15) is 9.18 Å². The zero-order chi connectivity index (χ0) is 14.8. The number of hydrogen-bond acceptors (Lipinski definition) is 2. The van der Waals surface area contributed by atoms with Gasteiger partial charge in [0.15, 0.2) is 0 Å². The van der Waals surface area contributed by atoms with Crippen molar-refractivity contribution in [1.82, 2.24) is 0 Å². The van der Waals surface area contributed by atoms with Gasteiger partial charge in [0, 0.05) is 4.47 Å². The summed E-state index contributed by atoms with van der Waals surface area (Å²) in [6, 6.07) is 13.4. The molecule has 0 aliphatic carbocycles. The van der Waals surface area contributed by atoms with Crippen molar-refractivity contribution in [2.45, 2.75) is 12.5 Å². The van der Waals surface area contributed by atoms with Crippen molar-refractivity contribution in [3.63, 3.8) is 0 Å². The van der Waals surface area contributed by atoms with E-state index in [1.807, 2.05) is 6.07 Å². The lowest BCUT2D eigenvalue weighted by atomic mass is 9.92. The normalized spacial score (nSPS) is 13.6. The van der Waals surface area contributed by atoms with Crippen LogP contribution in [-0.2, 0) is 10.3 Å². The Balaban J connectivity index is 2.28. The summed E-state index contributed by atoms with van der Waals surface area (Å²) in [5, 5.41) is 2.53. The number of amides is 1. The highest BCUT2D eigenvalue weighted by molar-refractivity contribution is 9.10. The van der Waals surface area contributed by atoms with E-state index in [-0.39, 0.29) is 5.69 Å². The van der Waals surface area contributed by atoms with Crippen molar-refractivity contribution in [3.05, 3.63) is 64.4 Å². The Morgan fingerprint density at radius 2 is 1.85 bits per heavy atom. The maximum atomic E-state index is 13.7.